The molecule has 0 radical (unpaired) electrons. The van der Waals surface area contributed by atoms with Crippen LogP contribution in [0.3, 0.4) is 0 Å². The standard InChI is InChI=1S/C17H14N2O2S2/c1-22-13-9-5-8-12(10-13)18-17-19-14(15(23-17)16(20)21)11-6-3-2-4-7-11/h2-10H,1H3,(H,18,19)(H,20,21). The summed E-state index contributed by atoms with van der Waals surface area (Å²) < 4.78 is 0. The van der Waals surface area contributed by atoms with E-state index in [1.807, 2.05) is 60.9 Å². The van der Waals surface area contributed by atoms with E-state index in [-0.39, 0.29) is 4.88 Å². The lowest BCUT2D eigenvalue weighted by atomic mass is 10.1. The van der Waals surface area contributed by atoms with Gasteiger partial charge < -0.3 is 10.4 Å². The first-order valence-electron chi connectivity index (χ1n) is 6.88. The minimum Gasteiger partial charge on any atom is -0.477 e. The molecular formula is C17H14N2O2S2. The number of anilines is 2. The molecule has 0 saturated carbocycles. The number of carboxylic acids is 1. The van der Waals surface area contributed by atoms with Crippen LogP contribution >= 0.6 is 23.1 Å². The molecule has 3 aromatic rings. The monoisotopic (exact) mass is 342 g/mol. The van der Waals surface area contributed by atoms with Crippen LogP contribution in [0.5, 0.6) is 0 Å². The molecule has 0 unspecified atom stereocenters. The molecule has 0 spiro atoms. The number of aromatic carboxylic acids is 1. The summed E-state index contributed by atoms with van der Waals surface area (Å²) >= 11 is 2.79. The van der Waals surface area contributed by atoms with Crippen molar-refractivity contribution in [3.63, 3.8) is 0 Å². The van der Waals surface area contributed by atoms with E-state index in [0.717, 1.165) is 27.5 Å². The second kappa shape index (κ2) is 6.85. The van der Waals surface area contributed by atoms with E-state index in [4.69, 9.17) is 0 Å². The van der Waals surface area contributed by atoms with Gasteiger partial charge in [-0.15, -0.1) is 11.8 Å². The Labute approximate surface area is 142 Å². The summed E-state index contributed by atoms with van der Waals surface area (Å²) in [5, 5.41) is 13.2. The van der Waals surface area contributed by atoms with Gasteiger partial charge in [-0.05, 0) is 24.5 Å². The third-order valence-corrected chi connectivity index (χ3v) is 4.87. The first kappa shape index (κ1) is 15.6. The summed E-state index contributed by atoms with van der Waals surface area (Å²) in [6.45, 7) is 0. The number of aromatic nitrogens is 1. The molecule has 0 aliphatic rings. The van der Waals surface area contributed by atoms with Gasteiger partial charge in [0.15, 0.2) is 5.13 Å². The average molecular weight is 342 g/mol. The van der Waals surface area contributed by atoms with Crippen LogP contribution in [-0.4, -0.2) is 22.3 Å². The van der Waals surface area contributed by atoms with E-state index in [2.05, 4.69) is 10.3 Å². The van der Waals surface area contributed by atoms with Gasteiger partial charge >= 0.3 is 5.97 Å². The van der Waals surface area contributed by atoms with Crippen molar-refractivity contribution < 1.29 is 9.90 Å². The van der Waals surface area contributed by atoms with Gasteiger partial charge in [-0.1, -0.05) is 47.7 Å². The van der Waals surface area contributed by atoms with Crippen molar-refractivity contribution in [3.05, 3.63) is 59.5 Å². The van der Waals surface area contributed by atoms with Crippen molar-refractivity contribution in [3.8, 4) is 11.3 Å². The predicted molar refractivity (Wildman–Crippen MR) is 96.0 cm³/mol. The quantitative estimate of drug-likeness (QED) is 0.641. The summed E-state index contributed by atoms with van der Waals surface area (Å²) in [6.07, 6.45) is 2.01. The van der Waals surface area contributed by atoms with Crippen LogP contribution in [0.4, 0.5) is 10.8 Å². The minimum absolute atomic E-state index is 0.236. The highest BCUT2D eigenvalue weighted by molar-refractivity contribution is 7.98. The zero-order valence-corrected chi connectivity index (χ0v) is 13.9. The zero-order chi connectivity index (χ0) is 16.2. The molecule has 3 rings (SSSR count). The van der Waals surface area contributed by atoms with Crippen molar-refractivity contribution in [2.45, 2.75) is 4.90 Å². The number of hydrogen-bond acceptors (Lipinski definition) is 5. The third kappa shape index (κ3) is 3.55. The Hall–Kier alpha value is -2.31. The van der Waals surface area contributed by atoms with Crippen LogP contribution in [0.1, 0.15) is 9.67 Å². The van der Waals surface area contributed by atoms with E-state index in [9.17, 15) is 9.90 Å². The molecule has 0 saturated heterocycles. The first-order chi connectivity index (χ1) is 11.2. The number of carboxylic acid groups (broad SMARTS) is 1. The van der Waals surface area contributed by atoms with Crippen LogP contribution in [-0.2, 0) is 0 Å². The lowest BCUT2D eigenvalue weighted by Crippen LogP contribution is -1.95. The number of nitrogens with zero attached hydrogens (tertiary/aromatic N) is 1. The molecule has 0 aliphatic heterocycles. The van der Waals surface area contributed by atoms with Crippen molar-refractivity contribution in [2.24, 2.45) is 0 Å². The van der Waals surface area contributed by atoms with Crippen molar-refractivity contribution in [2.75, 3.05) is 11.6 Å². The topological polar surface area (TPSA) is 62.2 Å². The van der Waals surface area contributed by atoms with E-state index >= 15 is 0 Å². The van der Waals surface area contributed by atoms with Gasteiger partial charge in [-0.25, -0.2) is 9.78 Å². The van der Waals surface area contributed by atoms with Crippen LogP contribution in [0.15, 0.2) is 59.5 Å². The van der Waals surface area contributed by atoms with E-state index in [1.165, 1.54) is 0 Å². The molecule has 2 N–H and O–H groups in total. The Kier molecular flexibility index (Phi) is 4.64. The van der Waals surface area contributed by atoms with Gasteiger partial charge in [0.2, 0.25) is 0 Å². The van der Waals surface area contributed by atoms with Gasteiger partial charge in [0.1, 0.15) is 4.88 Å². The Bertz CT molecular complexity index is 832. The van der Waals surface area contributed by atoms with Gasteiger partial charge in [-0.3, -0.25) is 0 Å². The smallest absolute Gasteiger partial charge is 0.348 e. The Balaban J connectivity index is 1.96. The molecule has 1 heterocycles. The minimum atomic E-state index is -0.965. The summed E-state index contributed by atoms with van der Waals surface area (Å²) in [5.74, 6) is -0.965. The second-order valence-corrected chi connectivity index (χ2v) is 6.60. The molecule has 0 bridgehead atoms. The maximum Gasteiger partial charge on any atom is 0.348 e. The Morgan fingerprint density at radius 3 is 2.65 bits per heavy atom. The molecule has 0 atom stereocenters. The molecule has 6 heteroatoms. The highest BCUT2D eigenvalue weighted by atomic mass is 32.2. The molecule has 4 nitrogen and oxygen atoms in total. The van der Waals surface area contributed by atoms with Gasteiger partial charge in [0.25, 0.3) is 0 Å². The lowest BCUT2D eigenvalue weighted by Gasteiger charge is -2.03. The molecule has 23 heavy (non-hydrogen) atoms. The van der Waals surface area contributed by atoms with Crippen molar-refractivity contribution in [1.29, 1.82) is 0 Å². The van der Waals surface area contributed by atoms with Gasteiger partial charge in [0.05, 0.1) is 5.69 Å². The SMILES string of the molecule is CSc1cccc(Nc2nc(-c3ccccc3)c(C(=O)O)s2)c1. The zero-order valence-electron chi connectivity index (χ0n) is 12.3. The molecule has 1 aromatic heterocycles. The van der Waals surface area contributed by atoms with Crippen molar-refractivity contribution in [1.82, 2.24) is 4.98 Å². The Morgan fingerprint density at radius 2 is 1.96 bits per heavy atom. The fourth-order valence-corrected chi connectivity index (χ4v) is 3.44. The molecule has 2 aromatic carbocycles. The summed E-state index contributed by atoms with van der Waals surface area (Å²) in [6, 6.07) is 17.3. The molecule has 0 fully saturated rings. The number of benzene rings is 2. The van der Waals surface area contributed by atoms with Crippen LogP contribution in [0.2, 0.25) is 0 Å². The number of thioether (sulfide) groups is 1. The normalized spacial score (nSPS) is 10.5. The fourth-order valence-electron chi connectivity index (χ4n) is 2.13. The largest absolute Gasteiger partial charge is 0.477 e. The molecule has 0 amide bonds. The number of carbonyl (C=O) groups is 1. The predicted octanol–water partition coefficient (Wildman–Crippen LogP) is 4.97. The van der Waals surface area contributed by atoms with Gasteiger partial charge in [-0.2, -0.15) is 0 Å². The Morgan fingerprint density at radius 1 is 1.17 bits per heavy atom. The summed E-state index contributed by atoms with van der Waals surface area (Å²) in [5.41, 5.74) is 2.18. The maximum atomic E-state index is 11.5. The average Bonchev–Trinajstić information content (AvgIpc) is 3.00. The molecule has 116 valence electrons. The van der Waals surface area contributed by atoms with E-state index in [0.29, 0.717) is 10.8 Å². The van der Waals surface area contributed by atoms with E-state index < -0.39 is 5.97 Å². The second-order valence-electron chi connectivity index (χ2n) is 4.72. The van der Waals surface area contributed by atoms with Gasteiger partial charge in [0, 0.05) is 16.1 Å². The highest BCUT2D eigenvalue weighted by Crippen LogP contribution is 2.33. The van der Waals surface area contributed by atoms with Crippen LogP contribution in [0, 0.1) is 0 Å². The summed E-state index contributed by atoms with van der Waals surface area (Å²) in [7, 11) is 0. The number of rotatable bonds is 5. The fraction of sp³-hybridized carbons (Fsp3) is 0.0588. The van der Waals surface area contributed by atoms with Crippen molar-refractivity contribution >= 4 is 39.9 Å². The third-order valence-electron chi connectivity index (χ3n) is 3.19. The van der Waals surface area contributed by atoms with E-state index in [1.54, 1.807) is 11.8 Å². The number of nitrogens with one attached hydrogen (secondary N) is 1. The molecule has 0 aliphatic carbocycles. The lowest BCUT2D eigenvalue weighted by molar-refractivity contribution is 0.0702. The number of thiazole rings is 1. The number of hydrogen-bond donors (Lipinski definition) is 2. The van der Waals surface area contributed by atoms with Crippen LogP contribution < -0.4 is 5.32 Å². The summed E-state index contributed by atoms with van der Waals surface area (Å²) in [4.78, 5) is 17.3. The molecular weight excluding hydrogens is 328 g/mol. The highest BCUT2D eigenvalue weighted by Gasteiger charge is 2.18. The maximum absolute atomic E-state index is 11.5. The first-order valence-corrected chi connectivity index (χ1v) is 8.92. The van der Waals surface area contributed by atoms with Crippen LogP contribution in [0.25, 0.3) is 11.3 Å².